The first-order chi connectivity index (χ1) is 20.9. The highest BCUT2D eigenvalue weighted by molar-refractivity contribution is 5.90. The molecule has 4 aromatic rings. The van der Waals surface area contributed by atoms with Crippen LogP contribution >= 0.6 is 0 Å². The molecule has 1 aliphatic heterocycles. The number of ether oxygens (including phenoxy) is 2. The van der Waals surface area contributed by atoms with E-state index in [1.807, 2.05) is 13.2 Å². The average molecular weight is 587 g/mol. The Bertz CT molecular complexity index is 1530. The number of alkyl carbamates (subject to hydrolysis) is 1. The van der Waals surface area contributed by atoms with Crippen LogP contribution in [0, 0.1) is 13.8 Å². The Hall–Kier alpha value is -4.22. The van der Waals surface area contributed by atoms with Crippen LogP contribution in [0.4, 0.5) is 27.9 Å². The number of anilines is 4. The van der Waals surface area contributed by atoms with Gasteiger partial charge in [-0.05, 0) is 61.1 Å². The van der Waals surface area contributed by atoms with Crippen LogP contribution in [0.15, 0.2) is 42.6 Å². The number of hydrogen-bond donors (Lipinski definition) is 3. The van der Waals surface area contributed by atoms with Crippen LogP contribution < -0.4 is 16.0 Å². The molecule has 43 heavy (non-hydrogen) atoms. The maximum absolute atomic E-state index is 11.6. The zero-order valence-corrected chi connectivity index (χ0v) is 25.6. The third-order valence-electron chi connectivity index (χ3n) is 7.66. The lowest BCUT2D eigenvalue weighted by Crippen LogP contribution is -2.34. The molecule has 1 aliphatic rings. The molecular weight excluding hydrogens is 544 g/mol. The van der Waals surface area contributed by atoms with Crippen LogP contribution in [0.2, 0.25) is 0 Å². The summed E-state index contributed by atoms with van der Waals surface area (Å²) in [5.74, 6) is 1.26. The Morgan fingerprint density at radius 3 is 2.70 bits per heavy atom. The zero-order chi connectivity index (χ0) is 30.2. The number of carbonyl (C=O) groups excluding carboxylic acids is 1. The number of nitrogens with one attached hydrogen (secondary N) is 3. The van der Waals surface area contributed by atoms with E-state index in [9.17, 15) is 4.79 Å². The molecule has 2 aromatic heterocycles. The first-order valence-electron chi connectivity index (χ1n) is 15.0. The fourth-order valence-corrected chi connectivity index (χ4v) is 5.21. The van der Waals surface area contributed by atoms with Crippen molar-refractivity contribution in [1.82, 2.24) is 30.0 Å². The van der Waals surface area contributed by atoms with E-state index in [4.69, 9.17) is 14.5 Å². The van der Waals surface area contributed by atoms with Crippen LogP contribution in [0.5, 0.6) is 0 Å². The number of aryl methyl sites for hydroxylation is 3. The minimum absolute atomic E-state index is 0.380. The normalized spacial score (nSPS) is 13.1. The maximum atomic E-state index is 11.6. The second-order valence-corrected chi connectivity index (χ2v) is 11.0. The highest BCUT2D eigenvalue weighted by Gasteiger charge is 2.18. The maximum Gasteiger partial charge on any atom is 0.407 e. The van der Waals surface area contributed by atoms with E-state index in [1.165, 1.54) is 11.1 Å². The largest absolute Gasteiger partial charge is 0.450 e. The molecule has 0 saturated heterocycles. The lowest BCUT2D eigenvalue weighted by molar-refractivity contribution is 0.0966. The van der Waals surface area contributed by atoms with Gasteiger partial charge in [-0.3, -0.25) is 4.90 Å². The van der Waals surface area contributed by atoms with Gasteiger partial charge in [0.25, 0.3) is 0 Å². The van der Waals surface area contributed by atoms with E-state index in [1.54, 1.807) is 4.68 Å². The van der Waals surface area contributed by atoms with Crippen molar-refractivity contribution in [2.24, 2.45) is 7.05 Å². The Balaban J connectivity index is 1.14. The first kappa shape index (κ1) is 30.2. The van der Waals surface area contributed by atoms with Crippen molar-refractivity contribution in [3.8, 4) is 0 Å². The summed E-state index contributed by atoms with van der Waals surface area (Å²) < 4.78 is 12.6. The first-order valence-corrected chi connectivity index (χ1v) is 15.0. The van der Waals surface area contributed by atoms with E-state index >= 15 is 0 Å². The lowest BCUT2D eigenvalue weighted by Gasteiger charge is -2.29. The molecule has 5 rings (SSSR count). The zero-order valence-electron chi connectivity index (χ0n) is 25.6. The molecule has 11 heteroatoms. The molecule has 0 fully saturated rings. The summed E-state index contributed by atoms with van der Waals surface area (Å²) in [7, 11) is 1.89. The van der Waals surface area contributed by atoms with Gasteiger partial charge in [-0.25, -0.2) is 14.5 Å². The third-order valence-corrected chi connectivity index (χ3v) is 7.66. The predicted octanol–water partition coefficient (Wildman–Crippen LogP) is 5.37. The van der Waals surface area contributed by atoms with Gasteiger partial charge in [-0.2, -0.15) is 10.1 Å². The molecule has 11 nitrogen and oxygen atoms in total. The Morgan fingerprint density at radius 1 is 1.05 bits per heavy atom. The quantitative estimate of drug-likeness (QED) is 0.178. The smallest absolute Gasteiger partial charge is 0.407 e. The number of para-hydroxylation sites is 1. The van der Waals surface area contributed by atoms with Crippen LogP contribution in [0.25, 0.3) is 11.0 Å². The lowest BCUT2D eigenvalue weighted by atomic mass is 9.99. The number of aromatic nitrogens is 4. The number of rotatable bonds is 13. The number of fused-ring (bicyclic) bond motifs is 2. The SMILES string of the molecule is CCCCOC(=O)NCCOCCN1CCc2ccc(Nc3ncc4c(Nc5c(C)cccc5C)nn(C)c4n3)cc2C1. The van der Waals surface area contributed by atoms with Crippen molar-refractivity contribution >= 4 is 40.3 Å². The predicted molar refractivity (Wildman–Crippen MR) is 169 cm³/mol. The molecule has 0 atom stereocenters. The van der Waals surface area contributed by atoms with Gasteiger partial charge in [0.15, 0.2) is 11.5 Å². The molecule has 0 radical (unpaired) electrons. The van der Waals surface area contributed by atoms with Crippen molar-refractivity contribution in [1.29, 1.82) is 0 Å². The van der Waals surface area contributed by atoms with Gasteiger partial charge >= 0.3 is 6.09 Å². The Labute approximate surface area is 253 Å². The third kappa shape index (κ3) is 7.79. The summed E-state index contributed by atoms with van der Waals surface area (Å²) in [6.07, 6.45) is 4.31. The summed E-state index contributed by atoms with van der Waals surface area (Å²) in [5, 5.41) is 15.1. The van der Waals surface area contributed by atoms with Gasteiger partial charge in [0.2, 0.25) is 5.95 Å². The second-order valence-electron chi connectivity index (χ2n) is 11.0. The van der Waals surface area contributed by atoms with E-state index in [0.717, 1.165) is 78.2 Å². The molecule has 2 aromatic carbocycles. The summed E-state index contributed by atoms with van der Waals surface area (Å²) in [5.41, 5.74) is 7.71. The number of amides is 1. The number of benzene rings is 2. The Kier molecular flexibility index (Phi) is 10.1. The van der Waals surface area contributed by atoms with E-state index in [2.05, 4.69) is 88.1 Å². The van der Waals surface area contributed by atoms with Crippen LogP contribution in [0.3, 0.4) is 0 Å². The monoisotopic (exact) mass is 586 g/mol. The minimum Gasteiger partial charge on any atom is -0.450 e. The number of hydrogen-bond acceptors (Lipinski definition) is 9. The fourth-order valence-electron chi connectivity index (χ4n) is 5.21. The number of carbonyl (C=O) groups is 1. The van der Waals surface area contributed by atoms with Gasteiger partial charge < -0.3 is 25.4 Å². The molecular formula is C32H42N8O3. The number of nitrogens with zero attached hydrogens (tertiary/aromatic N) is 5. The van der Waals surface area contributed by atoms with Crippen LogP contribution in [-0.2, 0) is 29.5 Å². The topological polar surface area (TPSA) is 118 Å². The summed E-state index contributed by atoms with van der Waals surface area (Å²) in [6.45, 7) is 10.9. The van der Waals surface area contributed by atoms with Crippen molar-refractivity contribution in [3.63, 3.8) is 0 Å². The van der Waals surface area contributed by atoms with Crippen molar-refractivity contribution in [3.05, 3.63) is 64.8 Å². The van der Waals surface area contributed by atoms with E-state index in [-0.39, 0.29) is 6.09 Å². The van der Waals surface area contributed by atoms with Gasteiger partial charge in [0.05, 0.1) is 25.2 Å². The van der Waals surface area contributed by atoms with Crippen molar-refractivity contribution < 1.29 is 14.3 Å². The average Bonchev–Trinajstić information content (AvgIpc) is 3.31. The van der Waals surface area contributed by atoms with Crippen molar-refractivity contribution in [2.75, 3.05) is 50.1 Å². The molecule has 0 bridgehead atoms. The molecule has 228 valence electrons. The van der Waals surface area contributed by atoms with E-state index in [0.29, 0.717) is 32.3 Å². The van der Waals surface area contributed by atoms with E-state index < -0.39 is 0 Å². The highest BCUT2D eigenvalue weighted by Crippen LogP contribution is 2.29. The molecule has 0 spiro atoms. The highest BCUT2D eigenvalue weighted by atomic mass is 16.5. The molecule has 0 aliphatic carbocycles. The van der Waals surface area contributed by atoms with Gasteiger partial charge in [-0.1, -0.05) is 37.6 Å². The molecule has 1 amide bonds. The number of unbranched alkanes of at least 4 members (excludes halogenated alkanes) is 1. The molecule has 3 heterocycles. The Morgan fingerprint density at radius 2 is 1.88 bits per heavy atom. The molecule has 0 unspecified atom stereocenters. The standard InChI is InChI=1S/C32H42N8O3/c1-5-6-16-43-32(41)33-13-17-42-18-15-40-14-12-24-10-11-26(19-25(24)21-40)35-31-34-20-27-29(38-39(4)30(27)37-31)36-28-22(2)8-7-9-23(28)3/h7-11,19-20H,5-6,12-18,21H2,1-4H3,(H,33,41)(H,36,38)(H,34,35,37). The van der Waals surface area contributed by atoms with Crippen molar-refractivity contribution in [2.45, 2.75) is 46.6 Å². The van der Waals surface area contributed by atoms with Gasteiger partial charge in [-0.15, -0.1) is 0 Å². The molecule has 3 N–H and O–H groups in total. The summed E-state index contributed by atoms with van der Waals surface area (Å²) in [4.78, 5) is 23.4. The fraction of sp³-hybridized carbons (Fsp3) is 0.438. The summed E-state index contributed by atoms with van der Waals surface area (Å²) in [6, 6.07) is 12.7. The van der Waals surface area contributed by atoms with Crippen LogP contribution in [0.1, 0.15) is 42.0 Å². The summed E-state index contributed by atoms with van der Waals surface area (Å²) >= 11 is 0. The molecule has 0 saturated carbocycles. The van der Waals surface area contributed by atoms with Gasteiger partial charge in [0.1, 0.15) is 0 Å². The minimum atomic E-state index is -0.380. The van der Waals surface area contributed by atoms with Gasteiger partial charge in [0, 0.05) is 50.8 Å². The van der Waals surface area contributed by atoms with Crippen LogP contribution in [-0.4, -0.2) is 70.2 Å². The second kappa shape index (κ2) is 14.3.